The second kappa shape index (κ2) is 142. The average molecular weight is 157 g/mol. The molecule has 0 spiro atoms. The fourth-order valence-electron chi connectivity index (χ4n) is 0. The Bertz CT molecular complexity index is 19.2. The Morgan fingerprint density at radius 3 is 1.00 bits per heavy atom. The zero-order valence-electron chi connectivity index (χ0n) is 3.58. The highest BCUT2D eigenvalue weighted by molar-refractivity contribution is 7.56. The van der Waals surface area contributed by atoms with Crippen molar-refractivity contribution in [3.63, 3.8) is 0 Å². The van der Waals surface area contributed by atoms with E-state index in [0.29, 0.717) is 0 Å². The molecule has 0 saturated heterocycles. The van der Waals surface area contributed by atoms with Crippen molar-refractivity contribution in [1.29, 1.82) is 5.16 Å². The van der Waals surface area contributed by atoms with Gasteiger partial charge in [0.25, 0.3) is 0 Å². The number of hydrogen-bond donors (Lipinski definition) is 1. The van der Waals surface area contributed by atoms with Crippen LogP contribution in [0.25, 0.3) is 0 Å². The quantitative estimate of drug-likeness (QED) is 0.302. The maximum absolute atomic E-state index is 6.24. The minimum absolute atomic E-state index is 0. The molecule has 0 bridgehead atoms. The molecule has 1 N–H and O–H groups in total. The van der Waals surface area contributed by atoms with Crippen molar-refractivity contribution in [1.82, 2.24) is 0 Å². The number of hydrogen-bond acceptors (Lipinski definition) is 1. The lowest BCUT2D eigenvalue weighted by Gasteiger charge is -1.28. The molecule has 0 saturated carbocycles. The summed E-state index contributed by atoms with van der Waals surface area (Å²) in [6.07, 6.45) is 0. The first-order chi connectivity index (χ1) is 1.41. The first-order valence-corrected chi connectivity index (χ1v) is 4.70. The topological polar surface area (TPSA) is 23.9 Å². The molecule has 0 rings (SSSR count). The lowest BCUT2D eigenvalue weighted by Crippen LogP contribution is -1.06. The second-order valence-electron chi connectivity index (χ2n) is 0.224. The maximum Gasteiger partial charge on any atom is 0.0871 e. The Hall–Kier alpha value is 0.0369. The Morgan fingerprint density at radius 1 is 1.00 bits per heavy atom. The third kappa shape index (κ3) is 72300. The van der Waals surface area contributed by atoms with Gasteiger partial charge in [-0.1, -0.05) is 0 Å². The van der Waals surface area contributed by atoms with Gasteiger partial charge < -0.3 is 0 Å². The Morgan fingerprint density at radius 2 is 1.00 bits per heavy atom. The van der Waals surface area contributed by atoms with E-state index in [4.69, 9.17) is 5.16 Å². The van der Waals surface area contributed by atoms with Gasteiger partial charge in [-0.3, -0.25) is 24.0 Å². The minimum atomic E-state index is 0. The molecule has 0 aliphatic rings. The zero-order chi connectivity index (χ0) is 2.71. The smallest absolute Gasteiger partial charge is 0.0871 e. The van der Waals surface area contributed by atoms with Gasteiger partial charge in [-0.15, -0.1) is 0 Å². The molecule has 0 aromatic carbocycles. The van der Waals surface area contributed by atoms with Crippen LogP contribution < -0.4 is 0 Å². The average Bonchev–Trinajstić information content (AvgIpc) is 0.918. The Balaban J connectivity index is -0.00000000333. The van der Waals surface area contributed by atoms with Gasteiger partial charge in [-0.2, -0.15) is 0 Å². The van der Waals surface area contributed by atoms with Crippen molar-refractivity contribution in [3.8, 4) is 0 Å². The molecule has 0 aliphatic carbocycles. The molecular weight excluding hydrogens is 149 g/mol. The highest BCUT2D eigenvalue weighted by atomic mass is 31.3. The lowest BCUT2D eigenvalue weighted by molar-refractivity contribution is 1.11. The number of halogens is 4. The van der Waals surface area contributed by atoms with Crippen LogP contribution in [0.2, 0.25) is 0 Å². The van der Waals surface area contributed by atoms with Gasteiger partial charge in [-0.25, -0.2) is 0 Å². The summed E-state index contributed by atoms with van der Waals surface area (Å²) in [7, 11) is 1.81. The van der Waals surface area contributed by atoms with E-state index in [1.54, 1.807) is 0 Å². The molecule has 0 unspecified atom stereocenters. The van der Waals surface area contributed by atoms with Gasteiger partial charge in [0.2, 0.25) is 0 Å². The molecular formula is H8F4NPSi. The molecule has 0 fully saturated rings. The Kier molecular flexibility index (Phi) is 1260. The SMILES string of the molecule is F.F.F.F.N=P[SiH3]. The van der Waals surface area contributed by atoms with Crippen LogP contribution in [0.3, 0.4) is 0 Å². The van der Waals surface area contributed by atoms with Crippen LogP contribution in [0.4, 0.5) is 18.8 Å². The predicted molar refractivity (Wildman–Crippen MR) is 29.6 cm³/mol. The van der Waals surface area contributed by atoms with E-state index in [9.17, 15) is 0 Å². The van der Waals surface area contributed by atoms with Crippen LogP contribution in [0.1, 0.15) is 0 Å². The highest BCUT2D eigenvalue weighted by Crippen LogP contribution is 1.67. The maximum atomic E-state index is 6.24. The summed E-state index contributed by atoms with van der Waals surface area (Å²) in [6, 6.07) is 0. The molecule has 0 aliphatic heterocycles. The summed E-state index contributed by atoms with van der Waals surface area (Å²) in [5, 5.41) is 6.24. The molecule has 0 aromatic rings. The van der Waals surface area contributed by atoms with Crippen LogP contribution in [0.15, 0.2) is 0 Å². The summed E-state index contributed by atoms with van der Waals surface area (Å²) >= 11 is 0. The van der Waals surface area contributed by atoms with Gasteiger partial charge >= 0.3 is 0 Å². The van der Waals surface area contributed by atoms with Crippen molar-refractivity contribution in [2.75, 3.05) is 0 Å². The number of nitrogens with one attached hydrogen (secondary N) is 1. The van der Waals surface area contributed by atoms with E-state index in [2.05, 4.69) is 0 Å². The van der Waals surface area contributed by atoms with Crippen molar-refractivity contribution < 1.29 is 18.8 Å². The molecule has 0 aromatic heterocycles. The summed E-state index contributed by atoms with van der Waals surface area (Å²) in [5.41, 5.74) is 0. The van der Waals surface area contributed by atoms with Gasteiger partial charge in [0.1, 0.15) is 0 Å². The van der Waals surface area contributed by atoms with Crippen LogP contribution in [-0.2, 0) is 0 Å². The Labute approximate surface area is 42.9 Å². The molecule has 1 nitrogen and oxygen atoms in total. The van der Waals surface area contributed by atoms with Crippen molar-refractivity contribution in [2.45, 2.75) is 0 Å². The fraction of sp³-hybridized carbons (Fsp3) is 0. The summed E-state index contributed by atoms with van der Waals surface area (Å²) in [5.74, 6) is 0. The lowest BCUT2D eigenvalue weighted by atomic mass is 14.0. The van der Waals surface area contributed by atoms with Crippen LogP contribution in [0, 0.1) is 5.16 Å². The van der Waals surface area contributed by atoms with E-state index >= 15 is 0 Å². The normalized spacial score (nSPS) is 3.43. The molecule has 0 heterocycles. The van der Waals surface area contributed by atoms with Gasteiger partial charge in [0.05, 0.1) is 9.91 Å². The third-order valence-electron chi connectivity index (χ3n) is 0. The summed E-state index contributed by atoms with van der Waals surface area (Å²) in [6.45, 7) is 0. The van der Waals surface area contributed by atoms with E-state index in [1.165, 1.54) is 0 Å². The third-order valence-corrected chi connectivity index (χ3v) is 0. The van der Waals surface area contributed by atoms with Crippen molar-refractivity contribution in [3.05, 3.63) is 0 Å². The minimum Gasteiger partial charge on any atom is -0.291 e. The number of rotatable bonds is 0. The largest absolute Gasteiger partial charge is 0.291 e. The highest BCUT2D eigenvalue weighted by Gasteiger charge is 1.20. The second-order valence-corrected chi connectivity index (χ2v) is 2.01. The summed E-state index contributed by atoms with van der Waals surface area (Å²) in [4.78, 5) is 0. The van der Waals surface area contributed by atoms with Crippen LogP contribution in [-0.4, -0.2) is 9.91 Å². The molecule has 0 amide bonds. The van der Waals surface area contributed by atoms with E-state index in [-0.39, 0.29) is 18.8 Å². The van der Waals surface area contributed by atoms with E-state index < -0.39 is 0 Å². The van der Waals surface area contributed by atoms with Gasteiger partial charge in [0, 0.05) is 0 Å². The van der Waals surface area contributed by atoms with Gasteiger partial charge in [-0.05, 0) is 7.92 Å². The summed E-state index contributed by atoms with van der Waals surface area (Å²) < 4.78 is 0. The first kappa shape index (κ1) is 61.8. The molecule has 7 heavy (non-hydrogen) atoms. The fourth-order valence-corrected chi connectivity index (χ4v) is 0. The van der Waals surface area contributed by atoms with Crippen LogP contribution in [0.5, 0.6) is 0 Å². The molecule has 7 heteroatoms. The van der Waals surface area contributed by atoms with E-state index in [0.717, 1.165) is 17.8 Å². The van der Waals surface area contributed by atoms with E-state index in [1.807, 2.05) is 0 Å². The molecule has 50 valence electrons. The van der Waals surface area contributed by atoms with Crippen molar-refractivity contribution >= 4 is 17.8 Å². The monoisotopic (exact) mass is 157 g/mol. The standard InChI is InChI=1S/4FH.H4NPSi/c;;;;1-2-3/h4*1H;1H,3H3. The van der Waals surface area contributed by atoms with Gasteiger partial charge in [0.15, 0.2) is 0 Å². The predicted octanol–water partition coefficient (Wildman–Crippen LogP) is 0.585. The first-order valence-electron chi connectivity index (χ1n) is 0.671. The molecule has 0 radical (unpaired) electrons. The zero-order valence-corrected chi connectivity index (χ0v) is 6.47. The van der Waals surface area contributed by atoms with Crippen LogP contribution >= 0.6 is 7.92 Å². The van der Waals surface area contributed by atoms with Crippen molar-refractivity contribution in [2.24, 2.45) is 0 Å². The molecule has 0 atom stereocenters.